The van der Waals surface area contributed by atoms with Gasteiger partial charge in [-0.2, -0.15) is 0 Å². The second kappa shape index (κ2) is 7.57. The van der Waals surface area contributed by atoms with Gasteiger partial charge in [-0.05, 0) is 55.9 Å². The van der Waals surface area contributed by atoms with Gasteiger partial charge in [-0.1, -0.05) is 6.07 Å². The van der Waals surface area contributed by atoms with Gasteiger partial charge in [-0.25, -0.2) is 0 Å². The Morgan fingerprint density at radius 3 is 2.52 bits per heavy atom. The van der Waals surface area contributed by atoms with Gasteiger partial charge in [0.05, 0.1) is 7.11 Å². The highest BCUT2D eigenvalue weighted by Gasteiger charge is 2.16. The molecule has 0 radical (unpaired) electrons. The highest BCUT2D eigenvalue weighted by atomic mass is 16.5. The van der Waals surface area contributed by atoms with Crippen LogP contribution >= 0.6 is 0 Å². The second-order valence-electron chi connectivity index (χ2n) is 6.48. The third-order valence-corrected chi connectivity index (χ3v) is 4.63. The number of aryl methyl sites for hydroxylation is 1. The highest BCUT2D eigenvalue weighted by Crippen LogP contribution is 2.25. The maximum Gasteiger partial charge on any atom is 0.255 e. The van der Waals surface area contributed by atoms with E-state index in [4.69, 9.17) is 4.74 Å². The molecule has 132 valence electrons. The lowest BCUT2D eigenvalue weighted by molar-refractivity contribution is 0.102. The number of anilines is 2. The minimum absolute atomic E-state index is 0.134. The standard InChI is InChI=1S/C20H25N3O2/c1-15-13-17(7-8-19(15)23-11-9-22(2)10-12-23)21-20(24)16-5-4-6-18(14-16)25-3/h4-8,13-14H,9-12H2,1-3H3,(H,21,24). The number of hydrogen-bond donors (Lipinski definition) is 1. The first-order valence-corrected chi connectivity index (χ1v) is 8.56. The van der Waals surface area contributed by atoms with E-state index in [-0.39, 0.29) is 5.91 Å². The Morgan fingerprint density at radius 1 is 1.08 bits per heavy atom. The van der Waals surface area contributed by atoms with Crippen LogP contribution in [0.15, 0.2) is 42.5 Å². The van der Waals surface area contributed by atoms with Crippen molar-refractivity contribution in [3.05, 3.63) is 53.6 Å². The van der Waals surface area contributed by atoms with Gasteiger partial charge in [0.2, 0.25) is 0 Å². The zero-order valence-corrected chi connectivity index (χ0v) is 15.1. The number of nitrogens with one attached hydrogen (secondary N) is 1. The molecule has 2 aromatic carbocycles. The summed E-state index contributed by atoms with van der Waals surface area (Å²) >= 11 is 0. The zero-order chi connectivity index (χ0) is 17.8. The molecule has 1 fully saturated rings. The lowest BCUT2D eigenvalue weighted by Crippen LogP contribution is -2.44. The summed E-state index contributed by atoms with van der Waals surface area (Å²) in [6.07, 6.45) is 0. The Hall–Kier alpha value is -2.53. The van der Waals surface area contributed by atoms with Gasteiger partial charge in [-0.3, -0.25) is 4.79 Å². The van der Waals surface area contributed by atoms with Crippen molar-refractivity contribution >= 4 is 17.3 Å². The van der Waals surface area contributed by atoms with Crippen molar-refractivity contribution in [3.8, 4) is 5.75 Å². The molecule has 0 atom stereocenters. The number of hydrogen-bond acceptors (Lipinski definition) is 4. The molecule has 0 bridgehead atoms. The van der Waals surface area contributed by atoms with Gasteiger partial charge >= 0.3 is 0 Å². The van der Waals surface area contributed by atoms with Crippen molar-refractivity contribution < 1.29 is 9.53 Å². The Kier molecular flexibility index (Phi) is 5.24. The summed E-state index contributed by atoms with van der Waals surface area (Å²) in [5.41, 5.74) is 3.81. The minimum atomic E-state index is -0.134. The van der Waals surface area contributed by atoms with Crippen LogP contribution in [0.5, 0.6) is 5.75 Å². The number of nitrogens with zero attached hydrogens (tertiary/aromatic N) is 2. The number of methoxy groups -OCH3 is 1. The molecule has 0 aromatic heterocycles. The summed E-state index contributed by atoms with van der Waals surface area (Å²) in [5.74, 6) is 0.542. The Balaban J connectivity index is 1.71. The first-order valence-electron chi connectivity index (χ1n) is 8.56. The number of amides is 1. The van der Waals surface area contributed by atoms with E-state index in [1.54, 1.807) is 19.2 Å². The van der Waals surface area contributed by atoms with Gasteiger partial charge in [0.25, 0.3) is 5.91 Å². The molecule has 1 aliphatic rings. The molecule has 1 amide bonds. The number of likely N-dealkylation sites (N-methyl/N-ethyl adjacent to an activating group) is 1. The van der Waals surface area contributed by atoms with Crippen LogP contribution in [0.1, 0.15) is 15.9 Å². The SMILES string of the molecule is COc1cccc(C(=O)Nc2ccc(N3CCN(C)CC3)c(C)c2)c1. The lowest BCUT2D eigenvalue weighted by atomic mass is 10.1. The predicted octanol–water partition coefficient (Wildman–Crippen LogP) is 3.01. The third kappa shape index (κ3) is 4.12. The van der Waals surface area contributed by atoms with E-state index in [9.17, 15) is 4.79 Å². The van der Waals surface area contributed by atoms with Crippen molar-refractivity contribution in [1.29, 1.82) is 0 Å². The average Bonchev–Trinajstić information content (AvgIpc) is 2.63. The van der Waals surface area contributed by atoms with E-state index in [0.717, 1.165) is 31.9 Å². The molecule has 0 aliphatic carbocycles. The monoisotopic (exact) mass is 339 g/mol. The van der Waals surface area contributed by atoms with Crippen molar-refractivity contribution in [2.45, 2.75) is 6.92 Å². The van der Waals surface area contributed by atoms with Gasteiger partial charge in [0.1, 0.15) is 5.75 Å². The maximum atomic E-state index is 12.4. The molecule has 25 heavy (non-hydrogen) atoms. The molecule has 0 unspecified atom stereocenters. The van der Waals surface area contributed by atoms with E-state index in [2.05, 4.69) is 35.2 Å². The van der Waals surface area contributed by atoms with Gasteiger partial charge in [0.15, 0.2) is 0 Å². The smallest absolute Gasteiger partial charge is 0.255 e. The molecule has 3 rings (SSSR count). The molecule has 5 nitrogen and oxygen atoms in total. The predicted molar refractivity (Wildman–Crippen MR) is 102 cm³/mol. The first kappa shape index (κ1) is 17.3. The van der Waals surface area contributed by atoms with Crippen molar-refractivity contribution in [2.24, 2.45) is 0 Å². The number of benzene rings is 2. The van der Waals surface area contributed by atoms with Gasteiger partial charge in [-0.15, -0.1) is 0 Å². The molecule has 1 heterocycles. The summed E-state index contributed by atoms with van der Waals surface area (Å²) in [5, 5.41) is 2.97. The first-order chi connectivity index (χ1) is 12.1. The van der Waals surface area contributed by atoms with E-state index < -0.39 is 0 Å². The van der Waals surface area contributed by atoms with Crippen molar-refractivity contribution in [3.63, 3.8) is 0 Å². The van der Waals surface area contributed by atoms with Crippen LogP contribution in [-0.4, -0.2) is 51.1 Å². The zero-order valence-electron chi connectivity index (χ0n) is 15.1. The molecular formula is C20H25N3O2. The van der Waals surface area contributed by atoms with Crippen molar-refractivity contribution in [1.82, 2.24) is 4.90 Å². The molecule has 1 saturated heterocycles. The fourth-order valence-electron chi connectivity index (χ4n) is 3.10. The summed E-state index contributed by atoms with van der Waals surface area (Å²) in [7, 11) is 3.75. The fourth-order valence-corrected chi connectivity index (χ4v) is 3.10. The quantitative estimate of drug-likeness (QED) is 0.930. The second-order valence-corrected chi connectivity index (χ2v) is 6.48. The van der Waals surface area contributed by atoms with Crippen molar-refractivity contribution in [2.75, 3.05) is 50.6 Å². The number of rotatable bonds is 4. The van der Waals surface area contributed by atoms with E-state index in [0.29, 0.717) is 11.3 Å². The number of carbonyl (C=O) groups is 1. The molecule has 2 aromatic rings. The van der Waals surface area contributed by atoms with Crippen LogP contribution < -0.4 is 15.0 Å². The van der Waals surface area contributed by atoms with Crippen LogP contribution in [0, 0.1) is 6.92 Å². The highest BCUT2D eigenvalue weighted by molar-refractivity contribution is 6.04. The number of carbonyl (C=O) groups excluding carboxylic acids is 1. The summed E-state index contributed by atoms with van der Waals surface area (Å²) in [6, 6.07) is 13.3. The Labute approximate surface area is 149 Å². The Bertz CT molecular complexity index is 752. The fraction of sp³-hybridized carbons (Fsp3) is 0.350. The minimum Gasteiger partial charge on any atom is -0.497 e. The summed E-state index contributed by atoms with van der Waals surface area (Å²) in [4.78, 5) is 17.2. The van der Waals surface area contributed by atoms with Gasteiger partial charge in [0, 0.05) is 43.1 Å². The summed E-state index contributed by atoms with van der Waals surface area (Å²) < 4.78 is 5.18. The summed E-state index contributed by atoms with van der Waals surface area (Å²) in [6.45, 7) is 6.32. The molecule has 0 spiro atoms. The third-order valence-electron chi connectivity index (χ3n) is 4.63. The van der Waals surface area contributed by atoms with Crippen LogP contribution in [0.4, 0.5) is 11.4 Å². The van der Waals surface area contributed by atoms with Crippen LogP contribution in [0.3, 0.4) is 0 Å². The Morgan fingerprint density at radius 2 is 1.84 bits per heavy atom. The molecule has 0 saturated carbocycles. The molecule has 1 aliphatic heterocycles. The van der Waals surface area contributed by atoms with E-state index in [1.165, 1.54) is 11.3 Å². The van der Waals surface area contributed by atoms with Crippen LogP contribution in [0.2, 0.25) is 0 Å². The molecular weight excluding hydrogens is 314 g/mol. The molecule has 1 N–H and O–H groups in total. The largest absolute Gasteiger partial charge is 0.497 e. The van der Waals surface area contributed by atoms with Crippen LogP contribution in [-0.2, 0) is 0 Å². The maximum absolute atomic E-state index is 12.4. The lowest BCUT2D eigenvalue weighted by Gasteiger charge is -2.35. The average molecular weight is 339 g/mol. The van der Waals surface area contributed by atoms with E-state index >= 15 is 0 Å². The number of ether oxygens (including phenoxy) is 1. The normalized spacial score (nSPS) is 15.1. The molecule has 5 heteroatoms. The number of piperazine rings is 1. The van der Waals surface area contributed by atoms with Crippen LogP contribution in [0.25, 0.3) is 0 Å². The topological polar surface area (TPSA) is 44.8 Å². The van der Waals surface area contributed by atoms with E-state index in [1.807, 2.05) is 24.3 Å². The van der Waals surface area contributed by atoms with Gasteiger partial charge < -0.3 is 19.9 Å².